The molecule has 228 valence electrons. The Labute approximate surface area is 237 Å². The Bertz CT molecular complexity index is 908. The lowest BCUT2D eigenvalue weighted by molar-refractivity contribution is 0.0354. The lowest BCUT2D eigenvalue weighted by atomic mass is 10.4. The maximum Gasteiger partial charge on any atom is 0.356 e. The van der Waals surface area contributed by atoms with Gasteiger partial charge in [0.25, 0.3) is 0 Å². The Hall–Kier alpha value is -0.750. The van der Waals surface area contributed by atoms with Gasteiger partial charge in [0.15, 0.2) is 5.16 Å². The van der Waals surface area contributed by atoms with Crippen molar-refractivity contribution in [2.45, 2.75) is 98.0 Å². The first-order valence-electron chi connectivity index (χ1n) is 12.9. The average molecular weight is 617 g/mol. The monoisotopic (exact) mass is 616 g/mol. The molecule has 0 aliphatic heterocycles. The number of nitrogens with zero attached hydrogens (tertiary/aromatic N) is 2. The molecular weight excluding hydrogens is 570 g/mol. The van der Waals surface area contributed by atoms with Crippen LogP contribution in [-0.2, 0) is 36.7 Å². The third-order valence-corrected chi connectivity index (χ3v) is 8.52. The van der Waals surface area contributed by atoms with Crippen LogP contribution in [0.3, 0.4) is 0 Å². The van der Waals surface area contributed by atoms with E-state index in [-0.39, 0.29) is 56.9 Å². The van der Waals surface area contributed by atoms with Crippen molar-refractivity contribution in [2.75, 3.05) is 38.8 Å². The number of rotatable bonds is 21. The van der Waals surface area contributed by atoms with Crippen molar-refractivity contribution in [2.24, 2.45) is 0 Å². The maximum atomic E-state index is 12.9. The molecule has 0 saturated carbocycles. The Kier molecular flexibility index (Phi) is 16.7. The second kappa shape index (κ2) is 17.9. The minimum absolute atomic E-state index is 0.137. The lowest BCUT2D eigenvalue weighted by Gasteiger charge is -2.24. The lowest BCUT2D eigenvalue weighted by Crippen LogP contribution is -2.21. The molecule has 0 aromatic carbocycles. The second-order valence-electron chi connectivity index (χ2n) is 9.67. The first kappa shape index (κ1) is 36.3. The molecule has 15 heteroatoms. The summed E-state index contributed by atoms with van der Waals surface area (Å²) < 4.78 is 70.4. The molecule has 12 nitrogen and oxygen atoms in total. The van der Waals surface area contributed by atoms with Gasteiger partial charge in [-0.2, -0.15) is 9.97 Å². The summed E-state index contributed by atoms with van der Waals surface area (Å²) in [6, 6.07) is 1.55. The van der Waals surface area contributed by atoms with E-state index in [9.17, 15) is 9.13 Å². The van der Waals surface area contributed by atoms with Gasteiger partial charge in [-0.3, -0.25) is 9.13 Å². The van der Waals surface area contributed by atoms with Crippen molar-refractivity contribution in [3.8, 4) is 11.8 Å². The highest BCUT2D eigenvalue weighted by atomic mass is 32.2. The van der Waals surface area contributed by atoms with Gasteiger partial charge in [0.2, 0.25) is 11.8 Å². The van der Waals surface area contributed by atoms with Gasteiger partial charge in [0, 0.05) is 0 Å². The number of hydrogen-bond acceptors (Lipinski definition) is 13. The highest BCUT2D eigenvalue weighted by Crippen LogP contribution is 2.51. The zero-order valence-electron chi connectivity index (χ0n) is 24.8. The van der Waals surface area contributed by atoms with Crippen LogP contribution in [0.5, 0.6) is 11.8 Å². The molecule has 0 saturated heterocycles. The molecule has 0 unspecified atom stereocenters. The standard InChI is InChI=1S/C24H46N2O10P2S/c1-17(2)33-37(27,34-18(3)4)15-29-11-12-30-22-13-23(26-24(25-22)39-10)31-14-21(9)32-16-38(28,35-19(5)6)36-20(7)8/h13,17-21H,11-12,14-16H2,1-10H3/t21-/m0/s1. The van der Waals surface area contributed by atoms with E-state index in [4.69, 9.17) is 37.0 Å². The Morgan fingerprint density at radius 1 is 0.718 bits per heavy atom. The average Bonchev–Trinajstić information content (AvgIpc) is 2.79. The summed E-state index contributed by atoms with van der Waals surface area (Å²) >= 11 is 1.33. The van der Waals surface area contributed by atoms with Crippen molar-refractivity contribution in [1.82, 2.24) is 9.97 Å². The van der Waals surface area contributed by atoms with Gasteiger partial charge in [-0.25, -0.2) is 0 Å². The molecule has 0 fully saturated rings. The quantitative estimate of drug-likeness (QED) is 0.0655. The fraction of sp³-hybridized carbons (Fsp3) is 0.833. The smallest absolute Gasteiger partial charge is 0.356 e. The van der Waals surface area contributed by atoms with Crippen LogP contribution >= 0.6 is 27.0 Å². The molecule has 0 N–H and O–H groups in total. The predicted octanol–water partition coefficient (Wildman–Crippen LogP) is 6.38. The summed E-state index contributed by atoms with van der Waals surface area (Å²) in [4.78, 5) is 8.65. The topological polar surface area (TPSA) is 134 Å². The molecule has 0 spiro atoms. The molecule has 1 aromatic heterocycles. The van der Waals surface area contributed by atoms with E-state index in [0.29, 0.717) is 16.9 Å². The summed E-state index contributed by atoms with van der Waals surface area (Å²) in [5.41, 5.74) is 0. The van der Waals surface area contributed by atoms with Crippen LogP contribution in [0.2, 0.25) is 0 Å². The highest BCUT2D eigenvalue weighted by molar-refractivity contribution is 7.98. The number of thioether (sulfide) groups is 1. The largest absolute Gasteiger partial charge is 0.475 e. The molecule has 39 heavy (non-hydrogen) atoms. The molecule has 0 amide bonds. The molecule has 1 aromatic rings. The Morgan fingerprint density at radius 3 is 1.64 bits per heavy atom. The fourth-order valence-corrected chi connectivity index (χ4v) is 6.99. The van der Waals surface area contributed by atoms with Crippen molar-refractivity contribution >= 4 is 27.0 Å². The van der Waals surface area contributed by atoms with E-state index in [1.54, 1.807) is 68.4 Å². The van der Waals surface area contributed by atoms with E-state index in [1.807, 2.05) is 6.26 Å². The number of hydrogen-bond donors (Lipinski definition) is 0. The Balaban J connectivity index is 2.63. The van der Waals surface area contributed by atoms with Crippen LogP contribution in [-0.4, -0.2) is 79.3 Å². The van der Waals surface area contributed by atoms with Crippen molar-refractivity contribution in [3.05, 3.63) is 6.07 Å². The SMILES string of the molecule is CSc1nc(OCCOCP(=O)(OC(C)C)OC(C)C)cc(OC[C@H](C)OCP(=O)(OC(C)C)OC(C)C)n1. The molecule has 0 aliphatic rings. The summed E-state index contributed by atoms with van der Waals surface area (Å²) in [5.74, 6) is 0.586. The normalized spacial score (nSPS) is 13.6. The van der Waals surface area contributed by atoms with Gasteiger partial charge in [-0.1, -0.05) is 11.8 Å². The van der Waals surface area contributed by atoms with Gasteiger partial charge in [0.1, 0.15) is 25.9 Å². The number of ether oxygens (including phenoxy) is 4. The third-order valence-electron chi connectivity index (χ3n) is 4.04. The molecule has 1 atom stereocenters. The zero-order chi connectivity index (χ0) is 29.6. The van der Waals surface area contributed by atoms with Crippen LogP contribution in [0.1, 0.15) is 62.3 Å². The zero-order valence-corrected chi connectivity index (χ0v) is 27.4. The minimum atomic E-state index is -3.42. The van der Waals surface area contributed by atoms with Crippen LogP contribution in [0, 0.1) is 0 Å². The van der Waals surface area contributed by atoms with E-state index in [1.165, 1.54) is 11.8 Å². The second-order valence-corrected chi connectivity index (χ2v) is 14.2. The molecule has 1 heterocycles. The van der Waals surface area contributed by atoms with Crippen LogP contribution in [0.4, 0.5) is 0 Å². The molecule has 0 bridgehead atoms. The van der Waals surface area contributed by atoms with Crippen LogP contribution in [0.15, 0.2) is 11.2 Å². The van der Waals surface area contributed by atoms with Crippen LogP contribution in [0.25, 0.3) is 0 Å². The Morgan fingerprint density at radius 2 is 1.18 bits per heavy atom. The van der Waals surface area contributed by atoms with Gasteiger partial charge in [-0.15, -0.1) is 0 Å². The van der Waals surface area contributed by atoms with E-state index in [0.717, 1.165) is 0 Å². The summed E-state index contributed by atoms with van der Waals surface area (Å²) in [5, 5.41) is 0.456. The molecule has 1 rings (SSSR count). The first-order chi connectivity index (χ1) is 18.1. The van der Waals surface area contributed by atoms with E-state index >= 15 is 0 Å². The minimum Gasteiger partial charge on any atom is -0.475 e. The number of aromatic nitrogens is 2. The van der Waals surface area contributed by atoms with Gasteiger partial charge in [0.05, 0.1) is 43.2 Å². The summed E-state index contributed by atoms with van der Waals surface area (Å²) in [7, 11) is -6.80. The predicted molar refractivity (Wildman–Crippen MR) is 151 cm³/mol. The van der Waals surface area contributed by atoms with E-state index in [2.05, 4.69) is 9.97 Å². The van der Waals surface area contributed by atoms with E-state index < -0.39 is 21.3 Å². The molecular formula is C24H46N2O10P2S. The molecule has 0 aliphatic carbocycles. The summed E-state index contributed by atoms with van der Waals surface area (Å²) in [6.07, 6.45) is -0.0462. The van der Waals surface area contributed by atoms with Crippen molar-refractivity contribution < 1.29 is 46.2 Å². The highest BCUT2D eigenvalue weighted by Gasteiger charge is 2.30. The van der Waals surface area contributed by atoms with Gasteiger partial charge < -0.3 is 37.0 Å². The third kappa shape index (κ3) is 16.3. The maximum absolute atomic E-state index is 12.9. The summed E-state index contributed by atoms with van der Waals surface area (Å²) in [6.45, 7) is 16.5. The first-order valence-corrected chi connectivity index (χ1v) is 17.6. The van der Waals surface area contributed by atoms with Gasteiger partial charge >= 0.3 is 15.2 Å². The van der Waals surface area contributed by atoms with Crippen molar-refractivity contribution in [3.63, 3.8) is 0 Å². The van der Waals surface area contributed by atoms with Crippen LogP contribution < -0.4 is 9.47 Å². The molecule has 0 radical (unpaired) electrons. The fourth-order valence-electron chi connectivity index (χ4n) is 2.93. The van der Waals surface area contributed by atoms with Gasteiger partial charge in [-0.05, 0) is 68.6 Å². The van der Waals surface area contributed by atoms with Crippen molar-refractivity contribution in [1.29, 1.82) is 0 Å².